The van der Waals surface area contributed by atoms with E-state index in [9.17, 15) is 4.79 Å². The Kier molecular flexibility index (Phi) is 5.73. The van der Waals surface area contributed by atoms with E-state index in [4.69, 9.17) is 5.26 Å². The first-order chi connectivity index (χ1) is 7.06. The smallest absolute Gasteiger partial charge is 0.179 e. The van der Waals surface area contributed by atoms with Gasteiger partial charge in [0, 0.05) is 5.56 Å². The van der Waals surface area contributed by atoms with Gasteiger partial charge in [0.15, 0.2) is 5.78 Å². The highest BCUT2D eigenvalue weighted by molar-refractivity contribution is 5.99. The number of Topliss-reactive ketones (excluding diaryl/α,β-unsaturated/α-hetero) is 1. The number of nitriles is 1. The van der Waals surface area contributed by atoms with Gasteiger partial charge in [-0.05, 0) is 33.2 Å². The van der Waals surface area contributed by atoms with E-state index in [1.54, 1.807) is 24.3 Å². The summed E-state index contributed by atoms with van der Waals surface area (Å²) in [6.07, 6.45) is 0. The van der Waals surface area contributed by atoms with Crippen molar-refractivity contribution in [1.82, 2.24) is 4.90 Å². The molecule has 1 rings (SSSR count). The fourth-order valence-corrected chi connectivity index (χ4v) is 1.18. The first-order valence-corrected chi connectivity index (χ1v) is 4.77. The third-order valence-corrected chi connectivity index (χ3v) is 2.45. The molecule has 3 nitrogen and oxygen atoms in total. The maximum atomic E-state index is 11.9. The number of nitrogens with zero attached hydrogens (tertiary/aromatic N) is 2. The molecule has 86 valence electrons. The molecule has 0 heterocycles. The highest BCUT2D eigenvalue weighted by Crippen LogP contribution is 2.08. The van der Waals surface area contributed by atoms with Crippen LogP contribution in [-0.2, 0) is 0 Å². The molecule has 0 aliphatic rings. The van der Waals surface area contributed by atoms with Gasteiger partial charge in [-0.15, -0.1) is 12.4 Å². The molecule has 0 bridgehead atoms. The molecule has 0 aromatic heterocycles. The van der Waals surface area contributed by atoms with Crippen LogP contribution in [0, 0.1) is 11.3 Å². The van der Waals surface area contributed by atoms with E-state index < -0.39 is 0 Å². The summed E-state index contributed by atoms with van der Waals surface area (Å²) in [7, 11) is 3.73. The molecule has 16 heavy (non-hydrogen) atoms. The summed E-state index contributed by atoms with van der Waals surface area (Å²) in [4.78, 5) is 13.7. The zero-order valence-corrected chi connectivity index (χ0v) is 10.4. The standard InChI is InChI=1S/C12H14N2O.ClH/c1-9(14(2)3)12(15)11-6-4-10(8-13)5-7-11;/h4-7,9H,1-3H3;1H. The minimum Gasteiger partial charge on any atom is -0.300 e. The Hall–Kier alpha value is -1.37. The van der Waals surface area contributed by atoms with Gasteiger partial charge in [0.05, 0.1) is 17.7 Å². The third kappa shape index (κ3) is 3.34. The maximum absolute atomic E-state index is 11.9. The molecule has 0 aliphatic carbocycles. The molecule has 1 atom stereocenters. The van der Waals surface area contributed by atoms with Gasteiger partial charge in [0.25, 0.3) is 0 Å². The Morgan fingerprint density at radius 1 is 1.31 bits per heavy atom. The Labute approximate surface area is 102 Å². The number of hydrogen-bond acceptors (Lipinski definition) is 3. The van der Waals surface area contributed by atoms with Gasteiger partial charge in [-0.2, -0.15) is 5.26 Å². The van der Waals surface area contributed by atoms with Gasteiger partial charge < -0.3 is 0 Å². The molecule has 0 saturated carbocycles. The van der Waals surface area contributed by atoms with Crippen LogP contribution in [0.3, 0.4) is 0 Å². The van der Waals surface area contributed by atoms with E-state index in [-0.39, 0.29) is 24.2 Å². The lowest BCUT2D eigenvalue weighted by atomic mass is 10.0. The normalized spacial score (nSPS) is 11.4. The maximum Gasteiger partial charge on any atom is 0.179 e. The van der Waals surface area contributed by atoms with E-state index in [2.05, 4.69) is 0 Å². The molecule has 1 unspecified atom stereocenters. The lowest BCUT2D eigenvalue weighted by Crippen LogP contribution is -2.32. The highest BCUT2D eigenvalue weighted by atomic mass is 35.5. The first-order valence-electron chi connectivity index (χ1n) is 4.77. The summed E-state index contributed by atoms with van der Waals surface area (Å²) in [5.41, 5.74) is 1.22. The Morgan fingerprint density at radius 2 is 1.81 bits per heavy atom. The molecule has 0 radical (unpaired) electrons. The predicted octanol–water partition coefficient (Wildman–Crippen LogP) is 2.11. The van der Waals surface area contributed by atoms with Crippen LogP contribution in [0.5, 0.6) is 0 Å². The van der Waals surface area contributed by atoms with Crippen LogP contribution in [0.15, 0.2) is 24.3 Å². The molecule has 0 fully saturated rings. The van der Waals surface area contributed by atoms with E-state index >= 15 is 0 Å². The number of ketones is 1. The largest absolute Gasteiger partial charge is 0.300 e. The molecular formula is C12H15ClN2O. The predicted molar refractivity (Wildman–Crippen MR) is 65.9 cm³/mol. The Bertz CT molecular complexity index is 392. The summed E-state index contributed by atoms with van der Waals surface area (Å²) in [6.45, 7) is 1.86. The number of rotatable bonds is 3. The quantitative estimate of drug-likeness (QED) is 0.758. The van der Waals surface area contributed by atoms with Gasteiger partial charge in [-0.25, -0.2) is 0 Å². The van der Waals surface area contributed by atoms with E-state index in [0.717, 1.165) is 0 Å². The Balaban J connectivity index is 0.00000225. The first kappa shape index (κ1) is 14.6. The molecule has 0 amide bonds. The number of likely N-dealkylation sites (N-methyl/N-ethyl adjacent to an activating group) is 1. The van der Waals surface area contributed by atoms with Crippen LogP contribution in [0.1, 0.15) is 22.8 Å². The number of halogens is 1. The van der Waals surface area contributed by atoms with Gasteiger partial charge in [0.1, 0.15) is 0 Å². The van der Waals surface area contributed by atoms with Gasteiger partial charge in [-0.3, -0.25) is 9.69 Å². The van der Waals surface area contributed by atoms with E-state index in [1.165, 1.54) is 0 Å². The van der Waals surface area contributed by atoms with Gasteiger partial charge in [-0.1, -0.05) is 12.1 Å². The second-order valence-electron chi connectivity index (χ2n) is 3.69. The molecule has 4 heteroatoms. The van der Waals surface area contributed by atoms with Crippen molar-refractivity contribution in [3.05, 3.63) is 35.4 Å². The lowest BCUT2D eigenvalue weighted by molar-refractivity contribution is 0.0890. The summed E-state index contributed by atoms with van der Waals surface area (Å²) in [5, 5.41) is 8.62. The van der Waals surface area contributed by atoms with Crippen molar-refractivity contribution in [2.75, 3.05) is 14.1 Å². The molecule has 1 aromatic rings. The van der Waals surface area contributed by atoms with E-state index in [1.807, 2.05) is 32.0 Å². The van der Waals surface area contributed by atoms with Crippen LogP contribution >= 0.6 is 12.4 Å². The summed E-state index contributed by atoms with van der Waals surface area (Å²) < 4.78 is 0. The number of carbonyl (C=O) groups excluding carboxylic acids is 1. The van der Waals surface area contributed by atoms with Crippen LogP contribution in [-0.4, -0.2) is 30.8 Å². The number of carbonyl (C=O) groups is 1. The number of hydrogen-bond donors (Lipinski definition) is 0. The highest BCUT2D eigenvalue weighted by Gasteiger charge is 2.16. The third-order valence-electron chi connectivity index (χ3n) is 2.45. The monoisotopic (exact) mass is 238 g/mol. The lowest BCUT2D eigenvalue weighted by Gasteiger charge is -2.18. The SMILES string of the molecule is CC(C(=O)c1ccc(C#N)cc1)N(C)C.Cl. The summed E-state index contributed by atoms with van der Waals surface area (Å²) in [6, 6.07) is 8.60. The van der Waals surface area contributed by atoms with Crippen LogP contribution in [0.25, 0.3) is 0 Å². The second kappa shape index (κ2) is 6.26. The molecule has 0 saturated heterocycles. The van der Waals surface area contributed by atoms with Crippen LogP contribution < -0.4 is 0 Å². The van der Waals surface area contributed by atoms with Gasteiger partial charge >= 0.3 is 0 Å². The zero-order valence-electron chi connectivity index (χ0n) is 9.60. The summed E-state index contributed by atoms with van der Waals surface area (Å²) >= 11 is 0. The molecular weight excluding hydrogens is 224 g/mol. The van der Waals surface area contributed by atoms with Crippen molar-refractivity contribution in [2.45, 2.75) is 13.0 Å². The fourth-order valence-electron chi connectivity index (χ4n) is 1.18. The van der Waals surface area contributed by atoms with Crippen molar-refractivity contribution in [3.63, 3.8) is 0 Å². The average Bonchev–Trinajstić information content (AvgIpc) is 2.27. The fraction of sp³-hybridized carbons (Fsp3) is 0.333. The topological polar surface area (TPSA) is 44.1 Å². The Morgan fingerprint density at radius 3 is 2.19 bits per heavy atom. The van der Waals surface area contributed by atoms with Crippen molar-refractivity contribution >= 4 is 18.2 Å². The molecule has 0 N–H and O–H groups in total. The zero-order chi connectivity index (χ0) is 11.4. The van der Waals surface area contributed by atoms with E-state index in [0.29, 0.717) is 11.1 Å². The summed E-state index contributed by atoms with van der Waals surface area (Å²) in [5.74, 6) is 0.0736. The molecule has 0 aliphatic heterocycles. The van der Waals surface area contributed by atoms with Crippen molar-refractivity contribution in [2.24, 2.45) is 0 Å². The van der Waals surface area contributed by atoms with Gasteiger partial charge in [0.2, 0.25) is 0 Å². The average molecular weight is 239 g/mol. The molecule has 1 aromatic carbocycles. The minimum atomic E-state index is -0.141. The van der Waals surface area contributed by atoms with Crippen molar-refractivity contribution in [1.29, 1.82) is 5.26 Å². The van der Waals surface area contributed by atoms with Crippen molar-refractivity contribution < 1.29 is 4.79 Å². The van der Waals surface area contributed by atoms with Crippen LogP contribution in [0.2, 0.25) is 0 Å². The number of benzene rings is 1. The van der Waals surface area contributed by atoms with Crippen molar-refractivity contribution in [3.8, 4) is 6.07 Å². The van der Waals surface area contributed by atoms with Crippen LogP contribution in [0.4, 0.5) is 0 Å². The second-order valence-corrected chi connectivity index (χ2v) is 3.69. The molecule has 0 spiro atoms. The minimum absolute atomic E-state index is 0.